The van der Waals surface area contributed by atoms with E-state index in [1.165, 1.54) is 18.2 Å². The molecule has 1 atom stereocenters. The second-order valence-electron chi connectivity index (χ2n) is 4.40. The lowest BCUT2D eigenvalue weighted by atomic mass is 10.1. The van der Waals surface area contributed by atoms with Gasteiger partial charge in [0, 0.05) is 23.2 Å². The molecule has 4 heteroatoms. The normalized spacial score (nSPS) is 12.4. The maximum atomic E-state index is 13.1. The second kappa shape index (κ2) is 6.04. The molecule has 2 nitrogen and oxygen atoms in total. The van der Waals surface area contributed by atoms with Crippen molar-refractivity contribution in [2.45, 2.75) is 19.5 Å². The Hall–Kier alpha value is -1.58. The van der Waals surface area contributed by atoms with E-state index in [9.17, 15) is 9.50 Å². The van der Waals surface area contributed by atoms with E-state index in [1.54, 1.807) is 0 Å². The molecule has 2 aromatic rings. The van der Waals surface area contributed by atoms with Crippen molar-refractivity contribution in [3.63, 3.8) is 0 Å². The average molecular weight is 280 g/mol. The van der Waals surface area contributed by atoms with E-state index in [0.717, 1.165) is 5.56 Å². The highest BCUT2D eigenvalue weighted by molar-refractivity contribution is 6.31. The molecule has 0 saturated carbocycles. The maximum Gasteiger partial charge on any atom is 0.123 e. The Morgan fingerprint density at radius 3 is 2.74 bits per heavy atom. The molecule has 1 unspecified atom stereocenters. The summed E-state index contributed by atoms with van der Waals surface area (Å²) in [4.78, 5) is 0. The minimum absolute atomic E-state index is 0.0105. The third kappa shape index (κ3) is 3.46. The highest BCUT2D eigenvalue weighted by Crippen LogP contribution is 2.23. The molecule has 0 aliphatic carbocycles. The van der Waals surface area contributed by atoms with Crippen LogP contribution >= 0.6 is 11.6 Å². The van der Waals surface area contributed by atoms with E-state index in [1.807, 2.05) is 31.2 Å². The fourth-order valence-electron chi connectivity index (χ4n) is 1.89. The van der Waals surface area contributed by atoms with Gasteiger partial charge in [0.1, 0.15) is 11.6 Å². The van der Waals surface area contributed by atoms with E-state index < -0.39 is 0 Å². The number of aromatic hydroxyl groups is 1. The van der Waals surface area contributed by atoms with Crippen LogP contribution in [0.2, 0.25) is 5.02 Å². The average Bonchev–Trinajstić information content (AvgIpc) is 2.40. The van der Waals surface area contributed by atoms with Gasteiger partial charge in [0.25, 0.3) is 0 Å². The number of hydrogen-bond donors (Lipinski definition) is 2. The highest BCUT2D eigenvalue weighted by atomic mass is 35.5. The topological polar surface area (TPSA) is 32.3 Å². The molecule has 0 aliphatic rings. The molecule has 2 N–H and O–H groups in total. The first kappa shape index (κ1) is 13.8. The zero-order valence-electron chi connectivity index (χ0n) is 10.5. The summed E-state index contributed by atoms with van der Waals surface area (Å²) in [6.07, 6.45) is 0. The monoisotopic (exact) mass is 279 g/mol. The molecule has 2 rings (SSSR count). The van der Waals surface area contributed by atoms with Crippen LogP contribution in [0.4, 0.5) is 4.39 Å². The summed E-state index contributed by atoms with van der Waals surface area (Å²) in [5.41, 5.74) is 1.50. The number of halogens is 2. The standard InChI is InChI=1S/C15H15ClFNO/c1-10(13-4-2-3-5-14(13)16)18-9-11-8-12(17)6-7-15(11)19/h2-8,10,18-19H,9H2,1H3. The van der Waals surface area contributed by atoms with Crippen molar-refractivity contribution in [1.29, 1.82) is 0 Å². The van der Waals surface area contributed by atoms with Crippen LogP contribution < -0.4 is 5.32 Å². The van der Waals surface area contributed by atoms with Gasteiger partial charge in [-0.3, -0.25) is 0 Å². The predicted molar refractivity (Wildman–Crippen MR) is 74.8 cm³/mol. The zero-order chi connectivity index (χ0) is 13.8. The number of hydrogen-bond acceptors (Lipinski definition) is 2. The second-order valence-corrected chi connectivity index (χ2v) is 4.80. The summed E-state index contributed by atoms with van der Waals surface area (Å²) in [5.74, 6) is -0.278. The fourth-order valence-corrected chi connectivity index (χ4v) is 2.19. The molecule has 100 valence electrons. The van der Waals surface area contributed by atoms with Gasteiger partial charge >= 0.3 is 0 Å². The summed E-state index contributed by atoms with van der Waals surface area (Å²) >= 11 is 6.11. The first-order valence-electron chi connectivity index (χ1n) is 6.03. The highest BCUT2D eigenvalue weighted by Gasteiger charge is 2.10. The fraction of sp³-hybridized carbons (Fsp3) is 0.200. The Kier molecular flexibility index (Phi) is 4.40. The van der Waals surface area contributed by atoms with Gasteiger partial charge in [0.2, 0.25) is 0 Å². The molecule has 0 spiro atoms. The van der Waals surface area contributed by atoms with E-state index in [-0.39, 0.29) is 17.6 Å². The van der Waals surface area contributed by atoms with Crippen molar-refractivity contribution >= 4 is 11.6 Å². The molecule has 0 heterocycles. The largest absolute Gasteiger partial charge is 0.508 e. The van der Waals surface area contributed by atoms with Crippen molar-refractivity contribution in [2.75, 3.05) is 0 Å². The van der Waals surface area contributed by atoms with Crippen molar-refractivity contribution in [3.05, 3.63) is 64.4 Å². The van der Waals surface area contributed by atoms with Crippen LogP contribution in [0.5, 0.6) is 5.75 Å². The lowest BCUT2D eigenvalue weighted by Gasteiger charge is -2.16. The van der Waals surface area contributed by atoms with Gasteiger partial charge in [0.15, 0.2) is 0 Å². The molecule has 0 aromatic heterocycles. The first-order valence-corrected chi connectivity index (χ1v) is 6.41. The van der Waals surface area contributed by atoms with Crippen molar-refractivity contribution < 1.29 is 9.50 Å². The predicted octanol–water partition coefficient (Wildman–Crippen LogP) is 4.04. The minimum atomic E-state index is -0.361. The summed E-state index contributed by atoms with van der Waals surface area (Å²) in [7, 11) is 0. The van der Waals surface area contributed by atoms with Crippen LogP contribution in [0.1, 0.15) is 24.1 Å². The Bertz CT molecular complexity index is 574. The molecule has 19 heavy (non-hydrogen) atoms. The van der Waals surface area contributed by atoms with Crippen LogP contribution in [0.25, 0.3) is 0 Å². The third-order valence-corrected chi connectivity index (χ3v) is 3.36. The molecular formula is C15H15ClFNO. The lowest BCUT2D eigenvalue weighted by Crippen LogP contribution is -2.18. The summed E-state index contributed by atoms with van der Waals surface area (Å²) in [5, 5.41) is 13.5. The smallest absolute Gasteiger partial charge is 0.123 e. The summed E-state index contributed by atoms with van der Waals surface area (Å²) < 4.78 is 13.1. The molecule has 0 bridgehead atoms. The van der Waals surface area contributed by atoms with E-state index in [2.05, 4.69) is 5.32 Å². The van der Waals surface area contributed by atoms with E-state index in [4.69, 9.17) is 11.6 Å². The summed E-state index contributed by atoms with van der Waals surface area (Å²) in [6, 6.07) is 11.5. The molecule has 0 fully saturated rings. The van der Waals surface area contributed by atoms with Crippen molar-refractivity contribution in [3.8, 4) is 5.75 Å². The number of phenols is 1. The van der Waals surface area contributed by atoms with Crippen LogP contribution in [0, 0.1) is 5.82 Å². The Labute approximate surface area is 116 Å². The van der Waals surface area contributed by atoms with E-state index in [0.29, 0.717) is 17.1 Å². The van der Waals surface area contributed by atoms with Crippen LogP contribution in [0.3, 0.4) is 0 Å². The van der Waals surface area contributed by atoms with Crippen LogP contribution in [0.15, 0.2) is 42.5 Å². The lowest BCUT2D eigenvalue weighted by molar-refractivity contribution is 0.457. The van der Waals surface area contributed by atoms with Crippen molar-refractivity contribution in [1.82, 2.24) is 5.32 Å². The number of phenolic OH excluding ortho intramolecular Hbond substituents is 1. The van der Waals surface area contributed by atoms with Gasteiger partial charge in [-0.2, -0.15) is 0 Å². The number of rotatable bonds is 4. The van der Waals surface area contributed by atoms with Gasteiger partial charge in [0.05, 0.1) is 0 Å². The maximum absolute atomic E-state index is 13.1. The molecule has 0 amide bonds. The van der Waals surface area contributed by atoms with Crippen LogP contribution in [-0.4, -0.2) is 5.11 Å². The first-order chi connectivity index (χ1) is 9.08. The molecule has 2 aromatic carbocycles. The van der Waals surface area contributed by atoms with Gasteiger partial charge in [-0.05, 0) is 36.8 Å². The Morgan fingerprint density at radius 2 is 2.00 bits per heavy atom. The van der Waals surface area contributed by atoms with Gasteiger partial charge in [-0.15, -0.1) is 0 Å². The number of nitrogens with one attached hydrogen (secondary N) is 1. The van der Waals surface area contributed by atoms with Crippen molar-refractivity contribution in [2.24, 2.45) is 0 Å². The van der Waals surface area contributed by atoms with Gasteiger partial charge < -0.3 is 10.4 Å². The molecule has 0 aliphatic heterocycles. The zero-order valence-corrected chi connectivity index (χ0v) is 11.3. The SMILES string of the molecule is CC(NCc1cc(F)ccc1O)c1ccccc1Cl. The van der Waals surface area contributed by atoms with Gasteiger partial charge in [-0.1, -0.05) is 29.8 Å². The summed E-state index contributed by atoms with van der Waals surface area (Å²) in [6.45, 7) is 2.34. The molecule has 0 radical (unpaired) electrons. The number of benzene rings is 2. The minimum Gasteiger partial charge on any atom is -0.508 e. The quantitative estimate of drug-likeness (QED) is 0.885. The van der Waals surface area contributed by atoms with Crippen LogP contribution in [-0.2, 0) is 6.54 Å². The molecule has 0 saturated heterocycles. The molecular weight excluding hydrogens is 265 g/mol. The third-order valence-electron chi connectivity index (χ3n) is 3.01. The van der Waals surface area contributed by atoms with E-state index >= 15 is 0 Å². The Morgan fingerprint density at radius 1 is 1.26 bits per heavy atom. The van der Waals surface area contributed by atoms with Gasteiger partial charge in [-0.25, -0.2) is 4.39 Å². The Balaban J connectivity index is 2.06.